The number of allylic oxidation sites excluding steroid dienone is 4. The number of aryl methyl sites for hydroxylation is 2. The summed E-state index contributed by atoms with van der Waals surface area (Å²) in [5.41, 5.74) is 21.6. The van der Waals surface area contributed by atoms with Gasteiger partial charge >= 0.3 is 166 Å². The van der Waals surface area contributed by atoms with Crippen molar-refractivity contribution in [3.8, 4) is 0 Å². The first kappa shape index (κ1) is 94.8. The van der Waals surface area contributed by atoms with Crippen LogP contribution in [0, 0.1) is 0 Å². The second-order valence-corrected chi connectivity index (χ2v) is 33.6. The molecule has 0 aliphatic carbocycles. The van der Waals surface area contributed by atoms with E-state index in [1.165, 1.54) is 463 Å². The fourth-order valence-corrected chi connectivity index (χ4v) is 16.7. The maximum atomic E-state index is 12.1. The summed E-state index contributed by atoms with van der Waals surface area (Å²) in [6, 6.07) is 18.1. The van der Waals surface area contributed by atoms with Gasteiger partial charge in [0.25, 0.3) is 0 Å². The number of unbranched alkanes of at least 4 members (excludes halogenated alkanes) is 63. The summed E-state index contributed by atoms with van der Waals surface area (Å²) in [6.07, 6.45) is 106. The third kappa shape index (κ3) is 56.7. The number of hydrogen-bond donors (Lipinski definition) is 0. The van der Waals surface area contributed by atoms with Gasteiger partial charge < -0.3 is 5.53 Å². The van der Waals surface area contributed by atoms with Gasteiger partial charge in [-0.05, 0) is 86.8 Å². The first-order valence-corrected chi connectivity index (χ1v) is 47.7. The van der Waals surface area contributed by atoms with Gasteiger partial charge in [0.2, 0.25) is 11.4 Å². The predicted octanol–water partition coefficient (Wildman–Crippen LogP) is 35.8. The van der Waals surface area contributed by atoms with Crippen LogP contribution in [0.1, 0.15) is 513 Å². The Hall–Kier alpha value is -2.25. The SMILES string of the molecule is CCCCCCCCCCCCC=CC1=C(c2ccc(CCCC)cc2)[N+](=[N-])C(c2ccc(CCCCCCCC)cc2)=C1CCCCCC.CCCCCCCCCCCCCCCCCCCCCCCC[CH2][Ni][CH2]CCCCCCCCCCCCCCCCCCCCCCCC. The van der Waals surface area contributed by atoms with Crippen LogP contribution in [-0.4, -0.2) is 4.70 Å². The molecule has 0 spiro atoms. The minimum atomic E-state index is 0.947. The Labute approximate surface area is 640 Å². The molecule has 0 fully saturated rings. The van der Waals surface area contributed by atoms with Crippen molar-refractivity contribution >= 4 is 11.4 Å². The van der Waals surface area contributed by atoms with Gasteiger partial charge in [0.15, 0.2) is 0 Å². The van der Waals surface area contributed by atoms with E-state index in [2.05, 4.69) is 117 Å². The molecule has 0 radical (unpaired) electrons. The van der Waals surface area contributed by atoms with E-state index >= 15 is 0 Å². The molecule has 0 bridgehead atoms. The molecule has 0 atom stereocenters. The standard InChI is InChI=1S/C48H74N2.2C25H51.Ni/c1-5-9-13-16-18-19-20-21-22-23-25-28-32-46-45(31-27-15-11-7-3)47(44-39-35-42(36-40-44)30-26-24-17-14-10-6-2)50(49)48(46)43-37-33-41(34-38-43)29-12-8-4;2*1-3-5-7-9-11-13-15-17-19-21-23-25-24-22-20-18-16-14-12-10-8-6-4-2;/h28,32-40H,5-27,29-31H2,1-4H3;2*1,3-25H2,2H3;. The molecule has 1 heterocycles. The molecule has 0 amide bonds. The van der Waals surface area contributed by atoms with Crippen molar-refractivity contribution < 1.29 is 19.1 Å². The Morgan fingerprint density at radius 2 is 0.475 bits per heavy atom. The molecule has 101 heavy (non-hydrogen) atoms. The average Bonchev–Trinajstić information content (AvgIpc) is 1.61. The summed E-state index contributed by atoms with van der Waals surface area (Å²) in [4.78, 5) is 0. The molecule has 2 nitrogen and oxygen atoms in total. The van der Waals surface area contributed by atoms with Crippen LogP contribution in [0.3, 0.4) is 0 Å². The summed E-state index contributed by atoms with van der Waals surface area (Å²) < 4.78 is 1.54. The molecule has 0 aromatic heterocycles. The first-order valence-electron chi connectivity index (χ1n) is 46.3. The van der Waals surface area contributed by atoms with Crippen LogP contribution >= 0.6 is 0 Å². The van der Waals surface area contributed by atoms with Gasteiger partial charge in [0.05, 0.1) is 5.57 Å². The average molecular weight is 1440 g/mol. The van der Waals surface area contributed by atoms with Crippen LogP contribution < -0.4 is 0 Å². The fraction of sp³-hybridized carbons (Fsp3) is 0.816. The molecule has 3 heteroatoms. The van der Waals surface area contributed by atoms with Crippen molar-refractivity contribution in [3.63, 3.8) is 0 Å². The van der Waals surface area contributed by atoms with Crippen LogP contribution in [0.25, 0.3) is 16.9 Å². The van der Waals surface area contributed by atoms with Gasteiger partial charge in [-0.2, -0.15) is 0 Å². The van der Waals surface area contributed by atoms with Crippen molar-refractivity contribution in [1.29, 1.82) is 0 Å². The minimum Gasteiger partial charge on any atom is -0.0654 e. The second-order valence-electron chi connectivity index (χ2n) is 32.1. The van der Waals surface area contributed by atoms with Crippen molar-refractivity contribution in [2.45, 2.75) is 515 Å². The molecule has 1 aliphatic heterocycles. The zero-order valence-corrected chi connectivity index (χ0v) is 70.3. The molecule has 0 unspecified atom stereocenters. The smallest absolute Gasteiger partial charge is 0.0654 e. The van der Waals surface area contributed by atoms with Crippen LogP contribution in [0.5, 0.6) is 0 Å². The van der Waals surface area contributed by atoms with Crippen molar-refractivity contribution in [3.05, 3.63) is 99.6 Å². The molecule has 2 aromatic carbocycles. The van der Waals surface area contributed by atoms with Gasteiger partial charge in [-0.3, -0.25) is 0 Å². The molecule has 588 valence electrons. The molecule has 0 saturated heterocycles. The number of hydrogen-bond acceptors (Lipinski definition) is 0. The van der Waals surface area contributed by atoms with Crippen molar-refractivity contribution in [2.75, 3.05) is 0 Å². The van der Waals surface area contributed by atoms with E-state index in [1.807, 2.05) is 0 Å². The summed E-state index contributed by atoms with van der Waals surface area (Å²) in [7, 11) is 0. The zero-order valence-electron chi connectivity index (χ0n) is 69.3. The minimum absolute atomic E-state index is 0.947. The molecule has 1 aliphatic rings. The Morgan fingerprint density at radius 1 is 0.248 bits per heavy atom. The first-order chi connectivity index (χ1) is 50.1. The topological polar surface area (TPSA) is 25.3 Å². The quantitative estimate of drug-likeness (QED) is 0.0358. The van der Waals surface area contributed by atoms with Crippen LogP contribution in [0.4, 0.5) is 0 Å². The molecule has 3 rings (SSSR count). The van der Waals surface area contributed by atoms with Crippen LogP contribution in [-0.2, 0) is 27.3 Å². The van der Waals surface area contributed by atoms with Crippen molar-refractivity contribution in [2.24, 2.45) is 0 Å². The number of rotatable bonds is 77. The van der Waals surface area contributed by atoms with Crippen LogP contribution in [0.15, 0.2) is 71.8 Å². The third-order valence-electron chi connectivity index (χ3n) is 22.3. The molecular formula is C98H176N2Ni. The maximum absolute atomic E-state index is 12.1. The second kappa shape index (κ2) is 76.0. The van der Waals surface area contributed by atoms with Gasteiger partial charge in [0, 0.05) is 16.7 Å². The molecule has 2 aromatic rings. The fourth-order valence-electron chi connectivity index (χ4n) is 15.4. The predicted molar refractivity (Wildman–Crippen MR) is 454 cm³/mol. The van der Waals surface area contributed by atoms with Gasteiger partial charge in [-0.15, -0.1) is 0 Å². The van der Waals surface area contributed by atoms with E-state index in [0.717, 1.165) is 54.6 Å². The van der Waals surface area contributed by atoms with Gasteiger partial charge in [-0.1, -0.05) is 348 Å². The summed E-state index contributed by atoms with van der Waals surface area (Å²) in [6.45, 7) is 13.7. The van der Waals surface area contributed by atoms with E-state index in [4.69, 9.17) is 0 Å². The van der Waals surface area contributed by atoms with Gasteiger partial charge in [-0.25, -0.2) is 4.70 Å². The number of nitrogens with zero attached hydrogens (tertiary/aromatic N) is 2. The van der Waals surface area contributed by atoms with E-state index in [-0.39, 0.29) is 0 Å². The van der Waals surface area contributed by atoms with Crippen molar-refractivity contribution in [1.82, 2.24) is 0 Å². The third-order valence-corrected chi connectivity index (χ3v) is 23.7. The Morgan fingerprint density at radius 3 is 0.772 bits per heavy atom. The van der Waals surface area contributed by atoms with E-state index in [9.17, 15) is 5.53 Å². The Bertz CT molecular complexity index is 2080. The normalized spacial score (nSPS) is 12.6. The van der Waals surface area contributed by atoms with Gasteiger partial charge in [0.1, 0.15) is 0 Å². The Balaban J connectivity index is 0.000000687. The van der Waals surface area contributed by atoms with E-state index in [1.54, 1.807) is 4.70 Å². The van der Waals surface area contributed by atoms with E-state index in [0.29, 0.717) is 0 Å². The molecule has 0 N–H and O–H groups in total. The van der Waals surface area contributed by atoms with Crippen LogP contribution in [0.2, 0.25) is 10.8 Å². The monoisotopic (exact) mass is 1440 g/mol. The zero-order chi connectivity index (χ0) is 72.3. The van der Waals surface area contributed by atoms with E-state index < -0.39 is 0 Å². The summed E-state index contributed by atoms with van der Waals surface area (Å²) >= 11 is 2.05. The molecular weight excluding hydrogens is 1260 g/mol. The summed E-state index contributed by atoms with van der Waals surface area (Å²) in [5.74, 6) is 0. The summed E-state index contributed by atoms with van der Waals surface area (Å²) in [5, 5.41) is 2.87. The number of benzene rings is 2. The Kier molecular flexibility index (Phi) is 71.3. The molecule has 0 saturated carbocycles.